The van der Waals surface area contributed by atoms with Gasteiger partial charge < -0.3 is 10.4 Å². The van der Waals surface area contributed by atoms with E-state index in [1.54, 1.807) is 6.20 Å². The summed E-state index contributed by atoms with van der Waals surface area (Å²) in [5.41, 5.74) is 1.65. The SMILES string of the molecule is CC(C)(CO)C(CNc1ncnc2[nH]ncc12)c1ccccc1. The van der Waals surface area contributed by atoms with Gasteiger partial charge in [-0.2, -0.15) is 5.10 Å². The van der Waals surface area contributed by atoms with Gasteiger partial charge in [0.05, 0.1) is 11.6 Å². The highest BCUT2D eigenvalue weighted by molar-refractivity contribution is 5.85. The molecular weight excluding hydrogens is 290 g/mol. The first-order valence-corrected chi connectivity index (χ1v) is 7.65. The second-order valence-electron chi connectivity index (χ2n) is 6.35. The number of aliphatic hydroxyl groups is 1. The maximum absolute atomic E-state index is 9.79. The fourth-order valence-corrected chi connectivity index (χ4v) is 2.75. The van der Waals surface area contributed by atoms with Gasteiger partial charge in [0.25, 0.3) is 0 Å². The Morgan fingerprint density at radius 1 is 1.22 bits per heavy atom. The molecule has 1 unspecified atom stereocenters. The molecule has 0 aliphatic heterocycles. The van der Waals surface area contributed by atoms with E-state index in [1.165, 1.54) is 11.9 Å². The van der Waals surface area contributed by atoms with Gasteiger partial charge in [-0.05, 0) is 11.0 Å². The average molecular weight is 311 g/mol. The average Bonchev–Trinajstić information content (AvgIpc) is 3.05. The van der Waals surface area contributed by atoms with Crippen LogP contribution in [0.2, 0.25) is 0 Å². The van der Waals surface area contributed by atoms with Gasteiger partial charge in [-0.25, -0.2) is 9.97 Å². The molecule has 2 heterocycles. The smallest absolute Gasteiger partial charge is 0.160 e. The van der Waals surface area contributed by atoms with Gasteiger partial charge in [-0.15, -0.1) is 0 Å². The zero-order valence-electron chi connectivity index (χ0n) is 13.3. The lowest BCUT2D eigenvalue weighted by molar-refractivity contribution is 0.134. The molecule has 0 bridgehead atoms. The van der Waals surface area contributed by atoms with E-state index in [0.29, 0.717) is 12.2 Å². The number of H-pyrrole nitrogens is 1. The predicted octanol–water partition coefficient (Wildman–Crippen LogP) is 2.57. The molecule has 0 saturated carbocycles. The summed E-state index contributed by atoms with van der Waals surface area (Å²) in [5, 5.41) is 20.9. The van der Waals surface area contributed by atoms with E-state index in [2.05, 4.69) is 51.5 Å². The lowest BCUT2D eigenvalue weighted by Crippen LogP contribution is -2.31. The van der Waals surface area contributed by atoms with E-state index in [-0.39, 0.29) is 17.9 Å². The van der Waals surface area contributed by atoms with Gasteiger partial charge in [0.15, 0.2) is 5.65 Å². The van der Waals surface area contributed by atoms with Crippen LogP contribution in [-0.4, -0.2) is 38.4 Å². The van der Waals surface area contributed by atoms with Gasteiger partial charge in [0, 0.05) is 19.1 Å². The highest BCUT2D eigenvalue weighted by Gasteiger charge is 2.30. The van der Waals surface area contributed by atoms with Crippen molar-refractivity contribution < 1.29 is 5.11 Å². The molecule has 3 N–H and O–H groups in total. The van der Waals surface area contributed by atoms with Crippen LogP contribution in [0.25, 0.3) is 11.0 Å². The van der Waals surface area contributed by atoms with Gasteiger partial charge in [0.2, 0.25) is 0 Å². The number of hydrogen-bond acceptors (Lipinski definition) is 5. The summed E-state index contributed by atoms with van der Waals surface area (Å²) in [6, 6.07) is 10.2. The normalized spacial score (nSPS) is 13.2. The Bertz CT molecular complexity index is 769. The Morgan fingerprint density at radius 3 is 2.74 bits per heavy atom. The highest BCUT2D eigenvalue weighted by atomic mass is 16.3. The van der Waals surface area contributed by atoms with Crippen molar-refractivity contribution in [2.45, 2.75) is 19.8 Å². The maximum atomic E-state index is 9.79. The molecule has 0 saturated heterocycles. The summed E-state index contributed by atoms with van der Waals surface area (Å²) in [5.74, 6) is 0.893. The van der Waals surface area contributed by atoms with E-state index < -0.39 is 0 Å². The zero-order chi connectivity index (χ0) is 16.3. The second kappa shape index (κ2) is 6.34. The van der Waals surface area contributed by atoms with Crippen molar-refractivity contribution in [3.63, 3.8) is 0 Å². The van der Waals surface area contributed by atoms with Crippen LogP contribution >= 0.6 is 0 Å². The van der Waals surface area contributed by atoms with Crippen molar-refractivity contribution in [2.75, 3.05) is 18.5 Å². The Balaban J connectivity index is 1.86. The summed E-state index contributed by atoms with van der Waals surface area (Å²) < 4.78 is 0. The summed E-state index contributed by atoms with van der Waals surface area (Å²) in [6.07, 6.45) is 3.23. The molecular formula is C17H21N5O. The van der Waals surface area contributed by atoms with Crippen LogP contribution in [-0.2, 0) is 0 Å². The number of aromatic nitrogens is 4. The molecule has 23 heavy (non-hydrogen) atoms. The minimum absolute atomic E-state index is 0.110. The monoisotopic (exact) mass is 311 g/mol. The van der Waals surface area contributed by atoms with E-state index in [9.17, 15) is 5.11 Å². The molecule has 0 aliphatic rings. The van der Waals surface area contributed by atoms with Crippen LogP contribution in [0.15, 0.2) is 42.9 Å². The third-order valence-corrected chi connectivity index (χ3v) is 4.27. The van der Waals surface area contributed by atoms with Crippen LogP contribution in [0.5, 0.6) is 0 Å². The molecule has 0 fully saturated rings. The Morgan fingerprint density at radius 2 is 2.00 bits per heavy atom. The Hall–Kier alpha value is -2.47. The number of anilines is 1. The summed E-state index contributed by atoms with van der Waals surface area (Å²) >= 11 is 0. The standard InChI is InChI=1S/C17H21N5O/c1-17(2,10-23)14(12-6-4-3-5-7-12)9-18-15-13-8-21-22-16(13)20-11-19-15/h3-8,11,14,23H,9-10H2,1-2H3,(H2,18,19,20,21,22). The van der Waals surface area contributed by atoms with E-state index in [4.69, 9.17) is 0 Å². The quantitative estimate of drug-likeness (QED) is 0.651. The number of hydrogen-bond donors (Lipinski definition) is 3. The molecule has 2 aromatic heterocycles. The van der Waals surface area contributed by atoms with Crippen LogP contribution < -0.4 is 5.32 Å². The summed E-state index contributed by atoms with van der Waals surface area (Å²) in [6.45, 7) is 4.91. The summed E-state index contributed by atoms with van der Waals surface area (Å²) in [4.78, 5) is 8.45. The largest absolute Gasteiger partial charge is 0.396 e. The van der Waals surface area contributed by atoms with Gasteiger partial charge in [0.1, 0.15) is 12.1 Å². The van der Waals surface area contributed by atoms with Gasteiger partial charge in [-0.1, -0.05) is 44.2 Å². The lowest BCUT2D eigenvalue weighted by atomic mass is 9.75. The molecule has 6 heteroatoms. The van der Waals surface area contributed by atoms with Crippen molar-refractivity contribution in [2.24, 2.45) is 5.41 Å². The fourth-order valence-electron chi connectivity index (χ4n) is 2.75. The van der Waals surface area contributed by atoms with E-state index in [1.807, 2.05) is 18.2 Å². The lowest BCUT2D eigenvalue weighted by Gasteiger charge is -2.33. The molecule has 120 valence electrons. The third kappa shape index (κ3) is 3.17. The van der Waals surface area contributed by atoms with E-state index >= 15 is 0 Å². The number of nitrogens with zero attached hydrogens (tertiary/aromatic N) is 3. The highest BCUT2D eigenvalue weighted by Crippen LogP contribution is 2.35. The number of aromatic amines is 1. The second-order valence-corrected chi connectivity index (χ2v) is 6.35. The van der Waals surface area contributed by atoms with Crippen molar-refractivity contribution in [1.29, 1.82) is 0 Å². The molecule has 3 aromatic rings. The molecule has 0 spiro atoms. The third-order valence-electron chi connectivity index (χ3n) is 4.27. The molecule has 6 nitrogen and oxygen atoms in total. The Kier molecular flexibility index (Phi) is 4.25. The molecule has 1 aromatic carbocycles. The number of fused-ring (bicyclic) bond motifs is 1. The molecule has 0 radical (unpaired) electrons. The minimum Gasteiger partial charge on any atom is -0.396 e. The van der Waals surface area contributed by atoms with Crippen molar-refractivity contribution in [3.8, 4) is 0 Å². The first kappa shape index (κ1) is 15.4. The van der Waals surface area contributed by atoms with Crippen LogP contribution in [0.3, 0.4) is 0 Å². The molecule has 0 aliphatic carbocycles. The molecule has 3 rings (SSSR count). The van der Waals surface area contributed by atoms with Crippen LogP contribution in [0.4, 0.5) is 5.82 Å². The molecule has 1 atom stereocenters. The predicted molar refractivity (Wildman–Crippen MR) is 90.2 cm³/mol. The van der Waals surface area contributed by atoms with Crippen molar-refractivity contribution in [3.05, 3.63) is 48.4 Å². The van der Waals surface area contributed by atoms with Gasteiger partial charge in [-0.3, -0.25) is 5.10 Å². The van der Waals surface area contributed by atoms with Gasteiger partial charge >= 0.3 is 0 Å². The summed E-state index contributed by atoms with van der Waals surface area (Å²) in [7, 11) is 0. The number of benzene rings is 1. The Labute approximate surface area is 135 Å². The van der Waals surface area contributed by atoms with Crippen LogP contribution in [0.1, 0.15) is 25.3 Å². The van der Waals surface area contributed by atoms with Crippen LogP contribution in [0, 0.1) is 5.41 Å². The zero-order valence-corrected chi connectivity index (χ0v) is 13.3. The minimum atomic E-state index is -0.253. The topological polar surface area (TPSA) is 86.7 Å². The van der Waals surface area contributed by atoms with Crippen molar-refractivity contribution in [1.82, 2.24) is 20.2 Å². The number of nitrogens with one attached hydrogen (secondary N) is 2. The maximum Gasteiger partial charge on any atom is 0.160 e. The number of rotatable bonds is 6. The first-order valence-electron chi connectivity index (χ1n) is 7.65. The molecule has 0 amide bonds. The van der Waals surface area contributed by atoms with E-state index in [0.717, 1.165) is 11.2 Å². The fraction of sp³-hybridized carbons (Fsp3) is 0.353. The first-order chi connectivity index (χ1) is 11.1. The number of aliphatic hydroxyl groups excluding tert-OH is 1. The van der Waals surface area contributed by atoms with Crippen molar-refractivity contribution >= 4 is 16.9 Å².